The quantitative estimate of drug-likeness (QED) is 0.418. The molecule has 0 saturated heterocycles. The maximum atomic E-state index is 11.7. The minimum absolute atomic E-state index is 0.229. The number of hydrogen-bond acceptors (Lipinski definition) is 5. The van der Waals surface area contributed by atoms with Crippen LogP contribution in [-0.2, 0) is 17.9 Å². The SMILES string of the molecule is COC(=O)c1ccc2c(n1)nc(C)n2Cc1ccc(OCc2ccccc2)cc1Cl. The molecule has 0 saturated carbocycles. The van der Waals surface area contributed by atoms with Gasteiger partial charge in [-0.3, -0.25) is 0 Å². The van der Waals surface area contributed by atoms with E-state index in [9.17, 15) is 4.79 Å². The fourth-order valence-corrected chi connectivity index (χ4v) is 3.43. The number of nitrogens with zero attached hydrogens (tertiary/aromatic N) is 3. The highest BCUT2D eigenvalue weighted by Gasteiger charge is 2.14. The van der Waals surface area contributed by atoms with Gasteiger partial charge in [-0.05, 0) is 42.3 Å². The molecule has 0 fully saturated rings. The third-order valence-corrected chi connectivity index (χ3v) is 5.15. The van der Waals surface area contributed by atoms with Crippen LogP contribution < -0.4 is 4.74 Å². The number of rotatable bonds is 6. The molecule has 0 radical (unpaired) electrons. The number of carbonyl (C=O) groups excluding carboxylic acids is 1. The van der Waals surface area contributed by atoms with Crippen LogP contribution in [0.1, 0.15) is 27.4 Å². The number of aryl methyl sites for hydroxylation is 1. The third kappa shape index (κ3) is 4.14. The van der Waals surface area contributed by atoms with E-state index in [1.54, 1.807) is 6.07 Å². The van der Waals surface area contributed by atoms with E-state index < -0.39 is 5.97 Å². The van der Waals surface area contributed by atoms with E-state index in [4.69, 9.17) is 21.1 Å². The van der Waals surface area contributed by atoms with E-state index in [1.807, 2.05) is 66.1 Å². The molecule has 2 heterocycles. The summed E-state index contributed by atoms with van der Waals surface area (Å²) in [6.07, 6.45) is 0. The third-order valence-electron chi connectivity index (χ3n) is 4.80. The second-order valence-corrected chi connectivity index (χ2v) is 7.21. The van der Waals surface area contributed by atoms with Crippen LogP contribution in [-0.4, -0.2) is 27.6 Å². The standard InChI is InChI=1S/C23H20ClN3O3/c1-15-25-22-21(11-10-20(26-22)23(28)29-2)27(15)13-17-8-9-18(12-19(17)24)30-14-16-6-4-3-5-7-16/h3-12H,13-14H2,1-2H3. The normalized spacial score (nSPS) is 10.9. The van der Waals surface area contributed by atoms with Gasteiger partial charge in [0.2, 0.25) is 0 Å². The van der Waals surface area contributed by atoms with Crippen molar-refractivity contribution in [3.05, 3.63) is 88.3 Å². The summed E-state index contributed by atoms with van der Waals surface area (Å²) in [5.41, 5.74) is 3.57. The van der Waals surface area contributed by atoms with Gasteiger partial charge in [-0.25, -0.2) is 14.8 Å². The maximum Gasteiger partial charge on any atom is 0.356 e. The predicted octanol–water partition coefficient (Wildman–Crippen LogP) is 4.81. The molecule has 7 heteroatoms. The van der Waals surface area contributed by atoms with Crippen molar-refractivity contribution in [2.24, 2.45) is 0 Å². The van der Waals surface area contributed by atoms with Gasteiger partial charge >= 0.3 is 5.97 Å². The summed E-state index contributed by atoms with van der Waals surface area (Å²) >= 11 is 6.53. The Balaban J connectivity index is 1.54. The first-order chi connectivity index (χ1) is 14.5. The molecule has 0 bridgehead atoms. The average molecular weight is 422 g/mol. The Morgan fingerprint density at radius 2 is 1.87 bits per heavy atom. The first-order valence-electron chi connectivity index (χ1n) is 9.42. The zero-order chi connectivity index (χ0) is 21.1. The van der Waals surface area contributed by atoms with Gasteiger partial charge < -0.3 is 14.0 Å². The van der Waals surface area contributed by atoms with Gasteiger partial charge in [-0.15, -0.1) is 0 Å². The van der Waals surface area contributed by atoms with Crippen molar-refractivity contribution >= 4 is 28.7 Å². The number of ether oxygens (including phenoxy) is 2. The molecule has 0 amide bonds. The first-order valence-corrected chi connectivity index (χ1v) is 9.80. The maximum absolute atomic E-state index is 11.7. The Morgan fingerprint density at radius 1 is 1.07 bits per heavy atom. The van der Waals surface area contributed by atoms with Crippen molar-refractivity contribution in [2.75, 3.05) is 7.11 Å². The van der Waals surface area contributed by atoms with Gasteiger partial charge in [0.15, 0.2) is 11.3 Å². The minimum Gasteiger partial charge on any atom is -0.489 e. The number of aromatic nitrogens is 3. The van der Waals surface area contributed by atoms with E-state index in [1.165, 1.54) is 7.11 Å². The summed E-state index contributed by atoms with van der Waals surface area (Å²) in [6.45, 7) is 2.90. The number of imidazole rings is 1. The van der Waals surface area contributed by atoms with E-state index in [-0.39, 0.29) is 5.69 Å². The molecule has 30 heavy (non-hydrogen) atoms. The average Bonchev–Trinajstić information content (AvgIpc) is 3.08. The lowest BCUT2D eigenvalue weighted by Crippen LogP contribution is -2.05. The van der Waals surface area contributed by atoms with Crippen LogP contribution in [0.4, 0.5) is 0 Å². The zero-order valence-corrected chi connectivity index (χ0v) is 17.4. The Morgan fingerprint density at radius 3 is 2.60 bits per heavy atom. The minimum atomic E-state index is -0.488. The summed E-state index contributed by atoms with van der Waals surface area (Å²) in [6, 6.07) is 19.1. The lowest BCUT2D eigenvalue weighted by molar-refractivity contribution is 0.0594. The molecule has 0 unspecified atom stereocenters. The topological polar surface area (TPSA) is 66.2 Å². The Bertz CT molecular complexity index is 1210. The highest BCUT2D eigenvalue weighted by molar-refractivity contribution is 6.31. The van der Waals surface area contributed by atoms with E-state index >= 15 is 0 Å². The molecule has 0 aliphatic rings. The lowest BCUT2D eigenvalue weighted by Gasteiger charge is -2.11. The van der Waals surface area contributed by atoms with Crippen molar-refractivity contribution in [1.82, 2.24) is 14.5 Å². The molecular weight excluding hydrogens is 402 g/mol. The number of methoxy groups -OCH3 is 1. The number of fused-ring (bicyclic) bond motifs is 1. The zero-order valence-electron chi connectivity index (χ0n) is 16.6. The summed E-state index contributed by atoms with van der Waals surface area (Å²) in [4.78, 5) is 20.5. The summed E-state index contributed by atoms with van der Waals surface area (Å²) in [7, 11) is 1.33. The van der Waals surface area contributed by atoms with Gasteiger partial charge in [-0.2, -0.15) is 0 Å². The smallest absolute Gasteiger partial charge is 0.356 e. The van der Waals surface area contributed by atoms with Crippen molar-refractivity contribution < 1.29 is 14.3 Å². The second kappa shape index (κ2) is 8.55. The highest BCUT2D eigenvalue weighted by Crippen LogP contribution is 2.26. The van der Waals surface area contributed by atoms with Crippen LogP contribution >= 0.6 is 11.6 Å². The monoisotopic (exact) mass is 421 g/mol. The van der Waals surface area contributed by atoms with Crippen LogP contribution in [0.25, 0.3) is 11.2 Å². The fraction of sp³-hybridized carbons (Fsp3) is 0.174. The molecule has 0 atom stereocenters. The summed E-state index contributed by atoms with van der Waals surface area (Å²) in [5.74, 6) is 1.00. The number of halogens is 1. The van der Waals surface area contributed by atoms with E-state index in [0.717, 1.165) is 22.5 Å². The number of esters is 1. The van der Waals surface area contributed by atoms with Crippen molar-refractivity contribution in [3.8, 4) is 5.75 Å². The Kier molecular flexibility index (Phi) is 5.68. The summed E-state index contributed by atoms with van der Waals surface area (Å²) < 4.78 is 12.6. The van der Waals surface area contributed by atoms with E-state index in [2.05, 4.69) is 9.97 Å². The molecule has 2 aromatic carbocycles. The Hall–Kier alpha value is -3.38. The molecule has 0 aliphatic heterocycles. The van der Waals surface area contributed by atoms with Crippen molar-refractivity contribution in [1.29, 1.82) is 0 Å². The molecule has 0 N–H and O–H groups in total. The van der Waals surface area contributed by atoms with Gasteiger partial charge in [0.25, 0.3) is 0 Å². The van der Waals surface area contributed by atoms with Crippen LogP contribution in [0, 0.1) is 6.92 Å². The van der Waals surface area contributed by atoms with E-state index in [0.29, 0.717) is 29.6 Å². The molecule has 0 spiro atoms. The molecular formula is C23H20ClN3O3. The Labute approximate surface area is 179 Å². The van der Waals surface area contributed by atoms with Crippen LogP contribution in [0.3, 0.4) is 0 Å². The van der Waals surface area contributed by atoms with Crippen molar-refractivity contribution in [3.63, 3.8) is 0 Å². The molecule has 4 aromatic rings. The fourth-order valence-electron chi connectivity index (χ4n) is 3.20. The van der Waals surface area contributed by atoms with Crippen LogP contribution in [0.15, 0.2) is 60.7 Å². The lowest BCUT2D eigenvalue weighted by atomic mass is 10.2. The van der Waals surface area contributed by atoms with Crippen LogP contribution in [0.2, 0.25) is 5.02 Å². The second-order valence-electron chi connectivity index (χ2n) is 6.80. The number of carbonyl (C=O) groups is 1. The van der Waals surface area contributed by atoms with Gasteiger partial charge in [0.1, 0.15) is 18.2 Å². The molecule has 4 rings (SSSR count). The summed E-state index contributed by atoms with van der Waals surface area (Å²) in [5, 5.41) is 0.612. The molecule has 6 nitrogen and oxygen atoms in total. The molecule has 0 aliphatic carbocycles. The molecule has 152 valence electrons. The molecule has 2 aromatic heterocycles. The predicted molar refractivity (Wildman–Crippen MR) is 115 cm³/mol. The highest BCUT2D eigenvalue weighted by atomic mass is 35.5. The van der Waals surface area contributed by atoms with Crippen LogP contribution in [0.5, 0.6) is 5.75 Å². The number of benzene rings is 2. The first kappa shape index (κ1) is 19.9. The number of pyridine rings is 1. The number of hydrogen-bond donors (Lipinski definition) is 0. The van der Waals surface area contributed by atoms with Crippen molar-refractivity contribution in [2.45, 2.75) is 20.1 Å². The van der Waals surface area contributed by atoms with Gasteiger partial charge in [-0.1, -0.05) is 48.0 Å². The largest absolute Gasteiger partial charge is 0.489 e. The van der Waals surface area contributed by atoms with Gasteiger partial charge in [0.05, 0.1) is 19.2 Å². The van der Waals surface area contributed by atoms with Gasteiger partial charge in [0, 0.05) is 5.02 Å².